The summed E-state index contributed by atoms with van der Waals surface area (Å²) in [4.78, 5) is 2.80. The molecule has 2 aliphatic rings. The summed E-state index contributed by atoms with van der Waals surface area (Å²) >= 11 is 0. The summed E-state index contributed by atoms with van der Waals surface area (Å²) in [5.74, 6) is 0.804. The Labute approximate surface area is 123 Å². The fraction of sp³-hybridized carbons (Fsp3) is 0.667. The molecule has 0 bridgehead atoms. The van der Waals surface area contributed by atoms with E-state index >= 15 is 0 Å². The van der Waals surface area contributed by atoms with Crippen LogP contribution in [-0.2, 0) is 0 Å². The Morgan fingerprint density at radius 1 is 1.05 bits per heavy atom. The van der Waals surface area contributed by atoms with Crippen molar-refractivity contribution in [1.29, 1.82) is 0 Å². The van der Waals surface area contributed by atoms with Crippen LogP contribution in [0.1, 0.15) is 50.0 Å². The van der Waals surface area contributed by atoms with Crippen LogP contribution in [0.4, 0.5) is 0 Å². The molecule has 0 aromatic heterocycles. The first-order chi connectivity index (χ1) is 9.88. The monoisotopic (exact) mass is 272 g/mol. The zero-order valence-corrected chi connectivity index (χ0v) is 12.7. The van der Waals surface area contributed by atoms with Crippen LogP contribution in [0.15, 0.2) is 30.3 Å². The molecule has 0 spiro atoms. The largest absolute Gasteiger partial charge is 0.318 e. The number of benzene rings is 1. The molecule has 1 aromatic carbocycles. The third kappa shape index (κ3) is 3.07. The number of likely N-dealkylation sites (N-methyl/N-ethyl adjacent to an activating group) is 1. The van der Waals surface area contributed by atoms with Crippen molar-refractivity contribution < 1.29 is 0 Å². The van der Waals surface area contributed by atoms with Gasteiger partial charge >= 0.3 is 0 Å². The molecule has 1 atom stereocenters. The molecule has 110 valence electrons. The van der Waals surface area contributed by atoms with Gasteiger partial charge in [0.15, 0.2) is 0 Å². The van der Waals surface area contributed by atoms with E-state index in [1.165, 1.54) is 51.6 Å². The van der Waals surface area contributed by atoms with Gasteiger partial charge in [-0.05, 0) is 63.6 Å². The first kappa shape index (κ1) is 14.1. The van der Waals surface area contributed by atoms with Crippen molar-refractivity contribution in [3.05, 3.63) is 35.9 Å². The fourth-order valence-electron chi connectivity index (χ4n) is 4.26. The van der Waals surface area contributed by atoms with E-state index in [9.17, 15) is 0 Å². The minimum Gasteiger partial charge on any atom is -0.318 e. The fourth-order valence-corrected chi connectivity index (χ4v) is 4.26. The lowest BCUT2D eigenvalue weighted by atomic mass is 9.81. The second kappa shape index (κ2) is 6.73. The lowest BCUT2D eigenvalue weighted by molar-refractivity contribution is 0.135. The molecule has 0 radical (unpaired) electrons. The van der Waals surface area contributed by atoms with Crippen molar-refractivity contribution >= 4 is 0 Å². The van der Waals surface area contributed by atoms with Gasteiger partial charge in [0.1, 0.15) is 0 Å². The number of likely N-dealkylation sites (tertiary alicyclic amines) is 1. The molecule has 2 heteroatoms. The Hall–Kier alpha value is -0.860. The molecule has 1 aliphatic heterocycles. The number of nitrogens with one attached hydrogen (secondary N) is 1. The minimum atomic E-state index is 0.790. The number of nitrogens with zero attached hydrogens (tertiary/aromatic N) is 1. The summed E-state index contributed by atoms with van der Waals surface area (Å²) in [6, 6.07) is 12.8. The van der Waals surface area contributed by atoms with Crippen LogP contribution in [-0.4, -0.2) is 37.1 Å². The van der Waals surface area contributed by atoms with Crippen molar-refractivity contribution in [1.82, 2.24) is 10.2 Å². The molecule has 1 saturated carbocycles. The first-order valence-electron chi connectivity index (χ1n) is 8.34. The van der Waals surface area contributed by atoms with E-state index in [0.717, 1.165) is 18.0 Å². The van der Waals surface area contributed by atoms with Crippen molar-refractivity contribution in [2.75, 3.05) is 20.1 Å². The summed E-state index contributed by atoms with van der Waals surface area (Å²) in [5.41, 5.74) is 1.55. The van der Waals surface area contributed by atoms with Gasteiger partial charge in [0.2, 0.25) is 0 Å². The molecule has 1 N–H and O–H groups in total. The van der Waals surface area contributed by atoms with Gasteiger partial charge in [0.05, 0.1) is 0 Å². The maximum absolute atomic E-state index is 3.37. The van der Waals surface area contributed by atoms with Crippen LogP contribution < -0.4 is 5.32 Å². The van der Waals surface area contributed by atoms with Gasteiger partial charge in [-0.15, -0.1) is 0 Å². The van der Waals surface area contributed by atoms with Gasteiger partial charge in [-0.1, -0.05) is 30.3 Å². The van der Waals surface area contributed by atoms with Crippen molar-refractivity contribution in [2.24, 2.45) is 0 Å². The van der Waals surface area contributed by atoms with Crippen LogP contribution >= 0.6 is 0 Å². The third-order valence-electron chi connectivity index (χ3n) is 5.30. The summed E-state index contributed by atoms with van der Waals surface area (Å²) in [6.07, 6.45) is 8.30. The molecular weight excluding hydrogens is 244 g/mol. The quantitative estimate of drug-likeness (QED) is 0.904. The van der Waals surface area contributed by atoms with Crippen LogP contribution in [0.3, 0.4) is 0 Å². The molecule has 2 nitrogen and oxygen atoms in total. The Bertz CT molecular complexity index is 395. The van der Waals surface area contributed by atoms with Crippen LogP contribution in [0.5, 0.6) is 0 Å². The van der Waals surface area contributed by atoms with Gasteiger partial charge in [-0.2, -0.15) is 0 Å². The molecule has 1 heterocycles. The predicted octanol–water partition coefficient (Wildman–Crippen LogP) is 3.40. The van der Waals surface area contributed by atoms with Gasteiger partial charge < -0.3 is 5.32 Å². The highest BCUT2D eigenvalue weighted by atomic mass is 15.2. The summed E-state index contributed by atoms with van der Waals surface area (Å²) in [7, 11) is 2.09. The first-order valence-corrected chi connectivity index (χ1v) is 8.34. The number of rotatable bonds is 4. The van der Waals surface area contributed by atoms with Crippen LogP contribution in [0.2, 0.25) is 0 Å². The van der Waals surface area contributed by atoms with E-state index in [4.69, 9.17) is 0 Å². The Balaban J connectivity index is 1.56. The molecule has 3 rings (SSSR count). The van der Waals surface area contributed by atoms with Gasteiger partial charge in [0.25, 0.3) is 0 Å². The molecule has 1 aromatic rings. The van der Waals surface area contributed by atoms with E-state index in [1.807, 2.05) is 0 Å². The molecule has 0 amide bonds. The van der Waals surface area contributed by atoms with E-state index in [-0.39, 0.29) is 0 Å². The maximum Gasteiger partial charge on any atom is 0.0223 e. The lowest BCUT2D eigenvalue weighted by Crippen LogP contribution is -2.44. The molecule has 1 aliphatic carbocycles. The lowest BCUT2D eigenvalue weighted by Gasteiger charge is -2.38. The maximum atomic E-state index is 3.37. The third-order valence-corrected chi connectivity index (χ3v) is 5.30. The SMILES string of the molecule is CNCC1CCCN1C1CCC(c2ccccc2)CC1. The molecule has 1 unspecified atom stereocenters. The zero-order valence-electron chi connectivity index (χ0n) is 12.7. The van der Waals surface area contributed by atoms with Crippen molar-refractivity contribution in [2.45, 2.75) is 56.5 Å². The van der Waals surface area contributed by atoms with E-state index in [2.05, 4.69) is 47.6 Å². The van der Waals surface area contributed by atoms with Crippen molar-refractivity contribution in [3.63, 3.8) is 0 Å². The molecule has 20 heavy (non-hydrogen) atoms. The highest BCUT2D eigenvalue weighted by Crippen LogP contribution is 2.36. The van der Waals surface area contributed by atoms with E-state index in [0.29, 0.717) is 0 Å². The Morgan fingerprint density at radius 2 is 1.80 bits per heavy atom. The zero-order chi connectivity index (χ0) is 13.8. The van der Waals surface area contributed by atoms with E-state index < -0.39 is 0 Å². The topological polar surface area (TPSA) is 15.3 Å². The average Bonchev–Trinajstić information content (AvgIpc) is 2.97. The predicted molar refractivity (Wildman–Crippen MR) is 85.1 cm³/mol. The van der Waals surface area contributed by atoms with Crippen LogP contribution in [0, 0.1) is 0 Å². The van der Waals surface area contributed by atoms with Gasteiger partial charge in [0, 0.05) is 18.6 Å². The Morgan fingerprint density at radius 3 is 2.50 bits per heavy atom. The highest BCUT2D eigenvalue weighted by molar-refractivity contribution is 5.20. The highest BCUT2D eigenvalue weighted by Gasteiger charge is 2.33. The number of hydrogen-bond donors (Lipinski definition) is 1. The minimum absolute atomic E-state index is 0.790. The normalized spacial score (nSPS) is 31.6. The number of hydrogen-bond acceptors (Lipinski definition) is 2. The van der Waals surface area contributed by atoms with E-state index in [1.54, 1.807) is 5.56 Å². The molecule has 1 saturated heterocycles. The smallest absolute Gasteiger partial charge is 0.0223 e. The van der Waals surface area contributed by atoms with Crippen molar-refractivity contribution in [3.8, 4) is 0 Å². The van der Waals surface area contributed by atoms with Crippen LogP contribution in [0.25, 0.3) is 0 Å². The Kier molecular flexibility index (Phi) is 4.74. The van der Waals surface area contributed by atoms with Gasteiger partial charge in [-0.25, -0.2) is 0 Å². The molecule has 2 fully saturated rings. The second-order valence-corrected chi connectivity index (χ2v) is 6.51. The summed E-state index contributed by atoms with van der Waals surface area (Å²) in [6.45, 7) is 2.49. The molecular formula is C18H28N2. The second-order valence-electron chi connectivity index (χ2n) is 6.51. The average molecular weight is 272 g/mol. The standard InChI is InChI=1S/C18H28N2/c1-19-14-18-8-5-13-20(18)17-11-9-16(10-12-17)15-6-3-2-4-7-15/h2-4,6-7,16-19H,5,8-14H2,1H3. The summed E-state index contributed by atoms with van der Waals surface area (Å²) in [5, 5.41) is 3.37. The van der Waals surface area contributed by atoms with Gasteiger partial charge in [-0.3, -0.25) is 4.90 Å². The summed E-state index contributed by atoms with van der Waals surface area (Å²) < 4.78 is 0.